The zero-order chi connectivity index (χ0) is 17.9. The first-order valence-corrected chi connectivity index (χ1v) is 9.10. The number of H-pyrrole nitrogens is 1. The fourth-order valence-corrected chi connectivity index (χ4v) is 4.26. The molecule has 7 nitrogen and oxygen atoms in total. The Morgan fingerprint density at radius 2 is 2.27 bits per heavy atom. The SMILES string of the molecule is CCOC(=O)N1CC2(CCn3nc(-c4cnc5[nH]cc(Cl)c5c4)cc32)C1. The maximum absolute atomic E-state index is 11.9. The molecule has 0 aliphatic carbocycles. The molecule has 3 aromatic heterocycles. The second-order valence-corrected chi connectivity index (χ2v) is 7.39. The molecule has 1 saturated heterocycles. The van der Waals surface area contributed by atoms with Crippen LogP contribution < -0.4 is 0 Å². The van der Waals surface area contributed by atoms with Crippen LogP contribution in [0.3, 0.4) is 0 Å². The standard InChI is InChI=1S/C18H18ClN5O2/c1-2-26-17(25)23-9-18(10-23)3-4-24-15(18)6-14(22-24)11-5-12-13(19)8-21-16(12)20-7-11/h5-8H,2-4,9-10H2,1H3,(H,20,21). The molecule has 3 aromatic rings. The number of aromatic amines is 1. The molecule has 5 heterocycles. The van der Waals surface area contributed by atoms with Crippen molar-refractivity contribution in [1.29, 1.82) is 0 Å². The number of carbonyl (C=O) groups is 1. The molecule has 0 radical (unpaired) electrons. The van der Waals surface area contributed by atoms with E-state index in [1.165, 1.54) is 5.69 Å². The third-order valence-corrected chi connectivity index (χ3v) is 5.73. The van der Waals surface area contributed by atoms with E-state index < -0.39 is 0 Å². The molecule has 1 N–H and O–H groups in total. The number of rotatable bonds is 2. The summed E-state index contributed by atoms with van der Waals surface area (Å²) in [7, 11) is 0. The van der Waals surface area contributed by atoms with Gasteiger partial charge in [0.05, 0.1) is 17.3 Å². The summed E-state index contributed by atoms with van der Waals surface area (Å²) in [6.45, 7) is 4.48. The summed E-state index contributed by atoms with van der Waals surface area (Å²) in [6, 6.07) is 4.14. The maximum Gasteiger partial charge on any atom is 0.409 e. The summed E-state index contributed by atoms with van der Waals surface area (Å²) in [5.41, 5.74) is 3.79. The number of nitrogens with zero attached hydrogens (tertiary/aromatic N) is 4. The van der Waals surface area contributed by atoms with Gasteiger partial charge in [0, 0.05) is 54.1 Å². The van der Waals surface area contributed by atoms with Crippen molar-refractivity contribution in [2.24, 2.45) is 0 Å². The predicted octanol–water partition coefficient (Wildman–Crippen LogP) is 3.19. The van der Waals surface area contributed by atoms with E-state index in [0.29, 0.717) is 24.7 Å². The molecule has 0 unspecified atom stereocenters. The summed E-state index contributed by atoms with van der Waals surface area (Å²) >= 11 is 6.21. The van der Waals surface area contributed by atoms with E-state index in [2.05, 4.69) is 20.7 Å². The molecule has 0 bridgehead atoms. The molecule has 2 aliphatic rings. The Hall–Kier alpha value is -2.54. The number of aromatic nitrogens is 4. The fraction of sp³-hybridized carbons (Fsp3) is 0.389. The van der Waals surface area contributed by atoms with Crippen LogP contribution in [0.2, 0.25) is 5.02 Å². The summed E-state index contributed by atoms with van der Waals surface area (Å²) < 4.78 is 7.15. The number of ether oxygens (including phenoxy) is 1. The van der Waals surface area contributed by atoms with Crippen LogP contribution in [0.15, 0.2) is 24.5 Å². The highest BCUT2D eigenvalue weighted by molar-refractivity contribution is 6.35. The lowest BCUT2D eigenvalue weighted by atomic mass is 9.76. The van der Waals surface area contributed by atoms with Gasteiger partial charge in [-0.1, -0.05) is 11.6 Å². The minimum atomic E-state index is -0.229. The van der Waals surface area contributed by atoms with Crippen molar-refractivity contribution in [1.82, 2.24) is 24.6 Å². The third-order valence-electron chi connectivity index (χ3n) is 5.41. The van der Waals surface area contributed by atoms with Crippen molar-refractivity contribution < 1.29 is 9.53 Å². The molecule has 26 heavy (non-hydrogen) atoms. The Morgan fingerprint density at radius 1 is 1.42 bits per heavy atom. The van der Waals surface area contributed by atoms with Crippen molar-refractivity contribution >= 4 is 28.7 Å². The Balaban J connectivity index is 1.44. The van der Waals surface area contributed by atoms with Gasteiger partial charge < -0.3 is 14.6 Å². The van der Waals surface area contributed by atoms with Crippen LogP contribution in [0.5, 0.6) is 0 Å². The highest BCUT2D eigenvalue weighted by Gasteiger charge is 2.51. The van der Waals surface area contributed by atoms with Crippen LogP contribution in [0.25, 0.3) is 22.3 Å². The second kappa shape index (κ2) is 5.48. The number of likely N-dealkylation sites (tertiary alicyclic amines) is 1. The highest BCUT2D eigenvalue weighted by atomic mass is 35.5. The van der Waals surface area contributed by atoms with Crippen LogP contribution in [0, 0.1) is 0 Å². The normalized spacial score (nSPS) is 17.5. The average Bonchev–Trinajstić information content (AvgIpc) is 3.27. The topological polar surface area (TPSA) is 76.0 Å². The Bertz CT molecular complexity index is 1020. The van der Waals surface area contributed by atoms with E-state index in [4.69, 9.17) is 21.4 Å². The van der Waals surface area contributed by atoms with E-state index in [1.54, 1.807) is 11.1 Å². The lowest BCUT2D eigenvalue weighted by Crippen LogP contribution is -2.60. The highest BCUT2D eigenvalue weighted by Crippen LogP contribution is 2.44. The summed E-state index contributed by atoms with van der Waals surface area (Å²) in [6.07, 6.45) is 4.33. The van der Waals surface area contributed by atoms with Gasteiger partial charge in [-0.15, -0.1) is 0 Å². The van der Waals surface area contributed by atoms with Gasteiger partial charge in [0.2, 0.25) is 0 Å². The summed E-state index contributed by atoms with van der Waals surface area (Å²) in [5, 5.41) is 6.30. The molecule has 5 rings (SSSR count). The molecule has 134 valence electrons. The van der Waals surface area contributed by atoms with Gasteiger partial charge in [-0.25, -0.2) is 9.78 Å². The number of carbonyl (C=O) groups excluding carboxylic acids is 1. The van der Waals surface area contributed by atoms with E-state index in [0.717, 1.165) is 35.3 Å². The Labute approximate surface area is 154 Å². The van der Waals surface area contributed by atoms with Crippen LogP contribution >= 0.6 is 11.6 Å². The van der Waals surface area contributed by atoms with Gasteiger partial charge in [0.25, 0.3) is 0 Å². The Kier molecular flexibility index (Phi) is 3.31. The zero-order valence-electron chi connectivity index (χ0n) is 14.3. The van der Waals surface area contributed by atoms with Gasteiger partial charge in [-0.2, -0.15) is 5.10 Å². The molecule has 0 atom stereocenters. The van der Waals surface area contributed by atoms with Crippen molar-refractivity contribution in [3.63, 3.8) is 0 Å². The quantitative estimate of drug-likeness (QED) is 0.750. The van der Waals surface area contributed by atoms with E-state index in [1.807, 2.05) is 19.2 Å². The summed E-state index contributed by atoms with van der Waals surface area (Å²) in [4.78, 5) is 21.1. The van der Waals surface area contributed by atoms with Gasteiger partial charge in [0.1, 0.15) is 5.65 Å². The van der Waals surface area contributed by atoms with Crippen molar-refractivity contribution in [3.8, 4) is 11.3 Å². The molecule has 0 aromatic carbocycles. The number of halogens is 1. The van der Waals surface area contributed by atoms with Gasteiger partial charge in [-0.3, -0.25) is 4.68 Å². The molecular weight excluding hydrogens is 354 g/mol. The number of pyridine rings is 1. The average molecular weight is 372 g/mol. The minimum absolute atomic E-state index is 0.00126. The first-order chi connectivity index (χ1) is 12.6. The number of aryl methyl sites for hydroxylation is 1. The largest absolute Gasteiger partial charge is 0.450 e. The van der Waals surface area contributed by atoms with Crippen LogP contribution in [-0.2, 0) is 16.7 Å². The number of fused-ring (bicyclic) bond motifs is 3. The number of hydrogen-bond acceptors (Lipinski definition) is 4. The monoisotopic (exact) mass is 371 g/mol. The number of hydrogen-bond donors (Lipinski definition) is 1. The zero-order valence-corrected chi connectivity index (χ0v) is 15.1. The fourth-order valence-electron chi connectivity index (χ4n) is 4.06. The van der Waals surface area contributed by atoms with Crippen LogP contribution in [-0.4, -0.2) is 50.4 Å². The van der Waals surface area contributed by atoms with Crippen molar-refractivity contribution in [2.45, 2.75) is 25.3 Å². The second-order valence-electron chi connectivity index (χ2n) is 6.98. The molecule has 1 fully saturated rings. The molecule has 1 spiro atoms. The third kappa shape index (κ3) is 2.16. The molecular formula is C18H18ClN5O2. The maximum atomic E-state index is 11.9. The van der Waals surface area contributed by atoms with Crippen molar-refractivity contribution in [2.75, 3.05) is 19.7 Å². The van der Waals surface area contributed by atoms with E-state index in [9.17, 15) is 4.79 Å². The Morgan fingerprint density at radius 3 is 3.08 bits per heavy atom. The van der Waals surface area contributed by atoms with Gasteiger partial charge >= 0.3 is 6.09 Å². The van der Waals surface area contributed by atoms with Crippen LogP contribution in [0.4, 0.5) is 4.79 Å². The van der Waals surface area contributed by atoms with E-state index in [-0.39, 0.29) is 11.5 Å². The lowest BCUT2D eigenvalue weighted by Gasteiger charge is -2.46. The predicted molar refractivity (Wildman–Crippen MR) is 97.2 cm³/mol. The number of nitrogens with one attached hydrogen (secondary N) is 1. The van der Waals surface area contributed by atoms with Gasteiger partial charge in [-0.05, 0) is 25.5 Å². The van der Waals surface area contributed by atoms with E-state index >= 15 is 0 Å². The van der Waals surface area contributed by atoms with Gasteiger partial charge in [0.15, 0.2) is 0 Å². The first kappa shape index (κ1) is 15.7. The minimum Gasteiger partial charge on any atom is -0.450 e. The molecule has 1 amide bonds. The molecule has 8 heteroatoms. The van der Waals surface area contributed by atoms with Crippen LogP contribution in [0.1, 0.15) is 19.0 Å². The number of amides is 1. The molecule has 2 aliphatic heterocycles. The van der Waals surface area contributed by atoms with Crippen molar-refractivity contribution in [3.05, 3.63) is 35.2 Å². The first-order valence-electron chi connectivity index (χ1n) is 8.73. The lowest BCUT2D eigenvalue weighted by molar-refractivity contribution is 0.0399. The smallest absolute Gasteiger partial charge is 0.409 e. The summed E-state index contributed by atoms with van der Waals surface area (Å²) in [5.74, 6) is 0. The molecule has 0 saturated carbocycles.